The van der Waals surface area contributed by atoms with Crippen molar-refractivity contribution in [3.8, 4) is 0 Å². The average Bonchev–Trinajstić information content (AvgIpc) is 3.25. The summed E-state index contributed by atoms with van der Waals surface area (Å²) in [6.45, 7) is 3.13. The first kappa shape index (κ1) is 23.8. The van der Waals surface area contributed by atoms with Gasteiger partial charge < -0.3 is 9.88 Å². The molecule has 3 aromatic carbocycles. The van der Waals surface area contributed by atoms with E-state index in [9.17, 15) is 9.18 Å². The third-order valence-corrected chi connectivity index (χ3v) is 7.10. The molecular formula is C29H25FN4OS. The van der Waals surface area contributed by atoms with E-state index in [0.717, 1.165) is 38.4 Å². The summed E-state index contributed by atoms with van der Waals surface area (Å²) in [5.74, 6) is 0.337. The zero-order valence-electron chi connectivity index (χ0n) is 19.8. The van der Waals surface area contributed by atoms with Gasteiger partial charge in [0, 0.05) is 24.1 Å². The van der Waals surface area contributed by atoms with E-state index < -0.39 is 0 Å². The van der Waals surface area contributed by atoms with Crippen LogP contribution in [0.25, 0.3) is 11.0 Å². The number of carbonyl (C=O) groups excluding carboxylic acids is 1. The zero-order chi connectivity index (χ0) is 24.9. The lowest BCUT2D eigenvalue weighted by molar-refractivity contribution is 0.0951. The molecule has 1 amide bonds. The summed E-state index contributed by atoms with van der Waals surface area (Å²) in [5, 5.41) is 3.86. The van der Waals surface area contributed by atoms with E-state index in [0.29, 0.717) is 24.4 Å². The fourth-order valence-corrected chi connectivity index (χ4v) is 4.94. The summed E-state index contributed by atoms with van der Waals surface area (Å²) < 4.78 is 15.4. The van der Waals surface area contributed by atoms with Crippen molar-refractivity contribution in [2.45, 2.75) is 30.9 Å². The Balaban J connectivity index is 1.30. The molecule has 5 rings (SSSR count). The zero-order valence-corrected chi connectivity index (χ0v) is 20.6. The number of halogens is 1. The Morgan fingerprint density at radius 2 is 1.72 bits per heavy atom. The number of imidazole rings is 1. The van der Waals surface area contributed by atoms with Gasteiger partial charge in [-0.1, -0.05) is 60.3 Å². The number of pyridine rings is 1. The fraction of sp³-hybridized carbons (Fsp3) is 0.138. The molecular weight excluding hydrogens is 471 g/mol. The van der Waals surface area contributed by atoms with Gasteiger partial charge in [-0.05, 0) is 59.5 Å². The number of benzene rings is 3. The van der Waals surface area contributed by atoms with Crippen LogP contribution in [0.15, 0.2) is 96.4 Å². The third kappa shape index (κ3) is 5.47. The maximum atomic E-state index is 13.3. The van der Waals surface area contributed by atoms with Crippen LogP contribution in [-0.2, 0) is 18.8 Å². The number of fused-ring (bicyclic) bond motifs is 1. The van der Waals surface area contributed by atoms with Gasteiger partial charge in [-0.2, -0.15) is 0 Å². The van der Waals surface area contributed by atoms with E-state index in [1.807, 2.05) is 67.7 Å². The van der Waals surface area contributed by atoms with Crippen molar-refractivity contribution in [1.82, 2.24) is 19.9 Å². The second-order valence-electron chi connectivity index (χ2n) is 8.57. The quantitative estimate of drug-likeness (QED) is 0.262. The number of carbonyl (C=O) groups is 1. The minimum absolute atomic E-state index is 0.0994. The molecule has 0 aliphatic carbocycles. The van der Waals surface area contributed by atoms with Crippen LogP contribution >= 0.6 is 11.8 Å². The van der Waals surface area contributed by atoms with Crippen molar-refractivity contribution in [2.75, 3.05) is 0 Å². The van der Waals surface area contributed by atoms with Crippen LogP contribution in [0.1, 0.15) is 32.6 Å². The van der Waals surface area contributed by atoms with Crippen LogP contribution < -0.4 is 5.32 Å². The molecule has 0 saturated carbocycles. The van der Waals surface area contributed by atoms with Gasteiger partial charge in [0.2, 0.25) is 0 Å². The van der Waals surface area contributed by atoms with Crippen molar-refractivity contribution in [2.24, 2.45) is 0 Å². The summed E-state index contributed by atoms with van der Waals surface area (Å²) in [7, 11) is 0. The Labute approximate surface area is 213 Å². The predicted octanol–water partition coefficient (Wildman–Crippen LogP) is 6.15. The smallest absolute Gasteiger partial charge is 0.251 e. The van der Waals surface area contributed by atoms with Crippen LogP contribution in [0.5, 0.6) is 0 Å². The van der Waals surface area contributed by atoms with Crippen LogP contribution in [0.2, 0.25) is 0 Å². The first-order chi connectivity index (χ1) is 17.6. The topological polar surface area (TPSA) is 59.8 Å². The minimum atomic E-state index is -0.241. The number of amides is 1. The molecule has 5 aromatic rings. The van der Waals surface area contributed by atoms with Crippen LogP contribution in [-0.4, -0.2) is 20.4 Å². The highest BCUT2D eigenvalue weighted by atomic mass is 32.2. The second-order valence-corrected chi connectivity index (χ2v) is 9.51. The molecule has 2 aromatic heterocycles. The van der Waals surface area contributed by atoms with Crippen molar-refractivity contribution < 1.29 is 9.18 Å². The van der Waals surface area contributed by atoms with Gasteiger partial charge in [0.25, 0.3) is 5.91 Å². The van der Waals surface area contributed by atoms with Gasteiger partial charge in [0.05, 0.1) is 23.8 Å². The Bertz CT molecular complexity index is 1500. The van der Waals surface area contributed by atoms with Gasteiger partial charge in [-0.15, -0.1) is 0 Å². The summed E-state index contributed by atoms with van der Waals surface area (Å²) in [5.41, 5.74) is 6.78. The Kier molecular flexibility index (Phi) is 7.09. The maximum Gasteiger partial charge on any atom is 0.251 e. The summed E-state index contributed by atoms with van der Waals surface area (Å²) >= 11 is 1.60. The van der Waals surface area contributed by atoms with Gasteiger partial charge >= 0.3 is 0 Å². The molecule has 0 fully saturated rings. The van der Waals surface area contributed by atoms with Crippen molar-refractivity contribution in [1.29, 1.82) is 0 Å². The van der Waals surface area contributed by atoms with Gasteiger partial charge in [0.15, 0.2) is 5.16 Å². The molecule has 0 radical (unpaired) electrons. The Hall–Kier alpha value is -3.97. The van der Waals surface area contributed by atoms with Crippen LogP contribution in [0.4, 0.5) is 4.39 Å². The largest absolute Gasteiger partial charge is 0.348 e. The molecule has 0 saturated heterocycles. The standard InChI is InChI=1S/C29H25FN4OS/c1-20-4-2-3-5-24(20)16-32-28(35)23-10-6-21(7-11-23)18-34-27-17-31-15-14-26(27)33-29(34)36-19-22-8-12-25(30)13-9-22/h2-15,17H,16,18-19H2,1H3,(H,32,35). The maximum absolute atomic E-state index is 13.3. The average molecular weight is 497 g/mol. The molecule has 1 N–H and O–H groups in total. The third-order valence-electron chi connectivity index (χ3n) is 6.05. The highest BCUT2D eigenvalue weighted by Crippen LogP contribution is 2.27. The van der Waals surface area contributed by atoms with E-state index in [1.165, 1.54) is 12.1 Å². The number of thioether (sulfide) groups is 1. The normalized spacial score (nSPS) is 11.1. The van der Waals surface area contributed by atoms with E-state index in [4.69, 9.17) is 4.98 Å². The van der Waals surface area contributed by atoms with E-state index in [2.05, 4.69) is 14.9 Å². The Morgan fingerprint density at radius 1 is 0.972 bits per heavy atom. The molecule has 0 spiro atoms. The molecule has 7 heteroatoms. The second kappa shape index (κ2) is 10.7. The number of nitrogens with zero attached hydrogens (tertiary/aromatic N) is 3. The lowest BCUT2D eigenvalue weighted by Gasteiger charge is -2.11. The van der Waals surface area contributed by atoms with E-state index >= 15 is 0 Å². The molecule has 0 atom stereocenters. The monoisotopic (exact) mass is 496 g/mol. The number of aromatic nitrogens is 3. The Morgan fingerprint density at radius 3 is 2.50 bits per heavy atom. The molecule has 36 heavy (non-hydrogen) atoms. The van der Waals surface area contributed by atoms with Gasteiger partial charge in [-0.3, -0.25) is 9.78 Å². The predicted molar refractivity (Wildman–Crippen MR) is 141 cm³/mol. The molecule has 5 nitrogen and oxygen atoms in total. The number of aryl methyl sites for hydroxylation is 1. The number of hydrogen-bond donors (Lipinski definition) is 1. The van der Waals surface area contributed by atoms with Gasteiger partial charge in [-0.25, -0.2) is 9.37 Å². The van der Waals surface area contributed by atoms with Crippen molar-refractivity contribution in [3.63, 3.8) is 0 Å². The summed E-state index contributed by atoms with van der Waals surface area (Å²) in [6, 6.07) is 24.1. The fourth-order valence-electron chi connectivity index (χ4n) is 3.97. The number of nitrogens with one attached hydrogen (secondary N) is 1. The summed E-state index contributed by atoms with van der Waals surface area (Å²) in [6.07, 6.45) is 3.55. The van der Waals surface area contributed by atoms with Crippen LogP contribution in [0, 0.1) is 12.7 Å². The molecule has 0 bridgehead atoms. The SMILES string of the molecule is Cc1ccccc1CNC(=O)c1ccc(Cn2c(SCc3ccc(F)cc3)nc3ccncc32)cc1. The first-order valence-corrected chi connectivity index (χ1v) is 12.6. The van der Waals surface area contributed by atoms with Gasteiger partial charge in [0.1, 0.15) is 5.82 Å². The van der Waals surface area contributed by atoms with Crippen molar-refractivity contribution in [3.05, 3.63) is 125 Å². The molecule has 0 aliphatic rings. The molecule has 0 unspecified atom stereocenters. The lowest BCUT2D eigenvalue weighted by Crippen LogP contribution is -2.23. The van der Waals surface area contributed by atoms with E-state index in [-0.39, 0.29) is 11.7 Å². The highest BCUT2D eigenvalue weighted by Gasteiger charge is 2.13. The number of hydrogen-bond acceptors (Lipinski definition) is 4. The molecule has 0 aliphatic heterocycles. The highest BCUT2D eigenvalue weighted by molar-refractivity contribution is 7.98. The van der Waals surface area contributed by atoms with Crippen molar-refractivity contribution >= 4 is 28.7 Å². The van der Waals surface area contributed by atoms with Crippen LogP contribution in [0.3, 0.4) is 0 Å². The molecule has 180 valence electrons. The lowest BCUT2D eigenvalue weighted by atomic mass is 10.1. The number of rotatable bonds is 8. The summed E-state index contributed by atoms with van der Waals surface area (Å²) in [4.78, 5) is 21.7. The minimum Gasteiger partial charge on any atom is -0.348 e. The first-order valence-electron chi connectivity index (χ1n) is 11.7. The molecule has 2 heterocycles. The van der Waals surface area contributed by atoms with E-state index in [1.54, 1.807) is 30.1 Å².